The first-order valence-corrected chi connectivity index (χ1v) is 12.3. The van der Waals surface area contributed by atoms with Gasteiger partial charge in [-0.25, -0.2) is 0 Å². The number of Topliss-reactive ketones (excluding diaryl/α,β-unsaturated/α-hetero) is 5. The number of carbonyl (C=O) groups excluding carboxylic acids is 5. The van der Waals surface area contributed by atoms with E-state index in [0.29, 0.717) is 24.8 Å². The van der Waals surface area contributed by atoms with E-state index in [9.17, 15) is 24.0 Å². The average Bonchev–Trinajstić information content (AvgIpc) is 2.79. The molecule has 1 aromatic carbocycles. The summed E-state index contributed by atoms with van der Waals surface area (Å²) in [5, 5.41) is 0. The van der Waals surface area contributed by atoms with E-state index in [2.05, 4.69) is 6.58 Å². The van der Waals surface area contributed by atoms with E-state index in [1.807, 2.05) is 44.2 Å². The Morgan fingerprint density at radius 1 is 0.794 bits per heavy atom. The highest BCUT2D eigenvalue weighted by atomic mass is 16.1. The van der Waals surface area contributed by atoms with Crippen LogP contribution in [0.4, 0.5) is 0 Å². The van der Waals surface area contributed by atoms with Crippen LogP contribution in [0.15, 0.2) is 42.5 Å². The molecule has 2 unspecified atom stereocenters. The van der Waals surface area contributed by atoms with Crippen LogP contribution in [0.3, 0.4) is 0 Å². The van der Waals surface area contributed by atoms with Crippen LogP contribution in [-0.2, 0) is 30.4 Å². The lowest BCUT2D eigenvalue weighted by Gasteiger charge is -2.21. The van der Waals surface area contributed by atoms with E-state index < -0.39 is 11.8 Å². The van der Waals surface area contributed by atoms with Crippen LogP contribution in [0.2, 0.25) is 0 Å². The topological polar surface area (TPSA) is 85.3 Å². The lowest BCUT2D eigenvalue weighted by Crippen LogP contribution is -2.27. The van der Waals surface area contributed by atoms with Crippen LogP contribution in [0.5, 0.6) is 0 Å². The second-order valence-electron chi connectivity index (χ2n) is 9.69. The van der Waals surface area contributed by atoms with Crippen molar-refractivity contribution in [2.45, 2.75) is 85.5 Å². The Morgan fingerprint density at radius 3 is 1.97 bits per heavy atom. The number of hydrogen-bond acceptors (Lipinski definition) is 5. The quantitative estimate of drug-likeness (QED) is 0.259. The Kier molecular flexibility index (Phi) is 13.2. The number of allylic oxidation sites excluding steroid dienone is 1. The summed E-state index contributed by atoms with van der Waals surface area (Å²) >= 11 is 0. The molecule has 5 nitrogen and oxygen atoms in total. The minimum atomic E-state index is -0.547. The summed E-state index contributed by atoms with van der Waals surface area (Å²) in [5.74, 6) is -1.17. The zero-order valence-electron chi connectivity index (χ0n) is 21.2. The van der Waals surface area contributed by atoms with E-state index in [0.717, 1.165) is 5.56 Å². The van der Waals surface area contributed by atoms with Crippen molar-refractivity contribution < 1.29 is 24.0 Å². The van der Waals surface area contributed by atoms with Gasteiger partial charge in [0.15, 0.2) is 5.78 Å². The molecule has 0 bridgehead atoms. The Balaban J connectivity index is 2.96. The van der Waals surface area contributed by atoms with Crippen LogP contribution in [0.1, 0.15) is 84.6 Å². The number of rotatable bonds is 18. The molecular weight excluding hydrogens is 428 g/mol. The first-order valence-electron chi connectivity index (χ1n) is 12.3. The smallest absolute Gasteiger partial charge is 0.158 e. The molecule has 2 atom stereocenters. The molecule has 0 amide bonds. The number of carbonyl (C=O) groups is 5. The van der Waals surface area contributed by atoms with Crippen molar-refractivity contribution in [2.24, 2.45) is 17.8 Å². The van der Waals surface area contributed by atoms with Crippen molar-refractivity contribution in [3.05, 3.63) is 48.0 Å². The van der Waals surface area contributed by atoms with Crippen LogP contribution in [0, 0.1) is 17.8 Å². The molecule has 0 aliphatic rings. The highest BCUT2D eigenvalue weighted by Crippen LogP contribution is 2.25. The second-order valence-corrected chi connectivity index (χ2v) is 9.69. The van der Waals surface area contributed by atoms with Gasteiger partial charge in [0.25, 0.3) is 0 Å². The molecule has 0 aliphatic carbocycles. The monoisotopic (exact) mass is 468 g/mol. The Bertz CT molecular complexity index is 866. The molecule has 0 aromatic heterocycles. The predicted molar refractivity (Wildman–Crippen MR) is 134 cm³/mol. The summed E-state index contributed by atoms with van der Waals surface area (Å²) in [7, 11) is 0. The summed E-state index contributed by atoms with van der Waals surface area (Å²) in [6.07, 6.45) is 2.05. The van der Waals surface area contributed by atoms with Crippen molar-refractivity contribution in [2.75, 3.05) is 0 Å². The summed E-state index contributed by atoms with van der Waals surface area (Å²) in [6.45, 7) is 11.0. The highest BCUT2D eigenvalue weighted by Gasteiger charge is 2.29. The second kappa shape index (κ2) is 15.3. The van der Waals surface area contributed by atoms with Crippen molar-refractivity contribution in [1.29, 1.82) is 0 Å². The highest BCUT2D eigenvalue weighted by molar-refractivity contribution is 5.97. The van der Waals surface area contributed by atoms with Gasteiger partial charge in [0.2, 0.25) is 0 Å². The van der Waals surface area contributed by atoms with Gasteiger partial charge in [-0.1, -0.05) is 57.7 Å². The third-order valence-electron chi connectivity index (χ3n) is 6.06. The third-order valence-corrected chi connectivity index (χ3v) is 6.06. The van der Waals surface area contributed by atoms with Crippen molar-refractivity contribution in [1.82, 2.24) is 0 Å². The Hall–Kier alpha value is -2.69. The molecule has 1 aromatic rings. The van der Waals surface area contributed by atoms with E-state index in [1.54, 1.807) is 13.8 Å². The van der Waals surface area contributed by atoms with E-state index in [-0.39, 0.29) is 73.4 Å². The number of ketones is 5. The minimum Gasteiger partial charge on any atom is -0.300 e. The largest absolute Gasteiger partial charge is 0.300 e. The molecule has 0 spiro atoms. The molecule has 186 valence electrons. The van der Waals surface area contributed by atoms with Crippen LogP contribution in [-0.4, -0.2) is 28.9 Å². The molecule has 1 rings (SSSR count). The fourth-order valence-corrected chi connectivity index (χ4v) is 3.99. The molecule has 0 aliphatic heterocycles. The minimum absolute atomic E-state index is 0.0415. The molecular formula is C29H40O5. The Labute approximate surface area is 204 Å². The molecule has 0 saturated heterocycles. The first-order chi connectivity index (χ1) is 16.0. The maximum absolute atomic E-state index is 13.4. The lowest BCUT2D eigenvalue weighted by molar-refractivity contribution is -0.132. The van der Waals surface area contributed by atoms with Crippen molar-refractivity contribution >= 4 is 28.9 Å². The van der Waals surface area contributed by atoms with Crippen LogP contribution >= 0.6 is 0 Å². The standard InChI is InChI=1S/C29H40O5/c1-6-25(30)12-15-28(33)23(16-20(2)3)19-29(34)24(17-22-10-8-7-9-11-22)18-26(31)13-14-27(32)21(4)5/h7-11,20,23-24H,4,6,12-19H2,1-3,5H3. The van der Waals surface area contributed by atoms with Gasteiger partial charge in [0.05, 0.1) is 0 Å². The predicted octanol–water partition coefficient (Wildman–Crippen LogP) is 5.68. The molecule has 0 heterocycles. The summed E-state index contributed by atoms with van der Waals surface area (Å²) in [4.78, 5) is 62.4. The van der Waals surface area contributed by atoms with E-state index in [1.165, 1.54) is 0 Å². The summed E-state index contributed by atoms with van der Waals surface area (Å²) in [5.41, 5.74) is 1.37. The molecule has 5 heteroatoms. The van der Waals surface area contributed by atoms with Gasteiger partial charge in [0.1, 0.15) is 23.1 Å². The zero-order valence-corrected chi connectivity index (χ0v) is 21.2. The summed E-state index contributed by atoms with van der Waals surface area (Å²) < 4.78 is 0. The maximum atomic E-state index is 13.4. The number of hydrogen-bond donors (Lipinski definition) is 0. The van der Waals surface area contributed by atoms with E-state index in [4.69, 9.17) is 0 Å². The van der Waals surface area contributed by atoms with Gasteiger partial charge in [-0.15, -0.1) is 0 Å². The molecule has 34 heavy (non-hydrogen) atoms. The zero-order chi connectivity index (χ0) is 25.7. The van der Waals surface area contributed by atoms with Gasteiger partial charge in [-0.05, 0) is 36.8 Å². The molecule has 0 radical (unpaired) electrons. The molecule has 0 fully saturated rings. The van der Waals surface area contributed by atoms with Gasteiger partial charge >= 0.3 is 0 Å². The van der Waals surface area contributed by atoms with Gasteiger partial charge in [-0.2, -0.15) is 0 Å². The average molecular weight is 469 g/mol. The van der Waals surface area contributed by atoms with Gasteiger partial charge < -0.3 is 0 Å². The fraction of sp³-hybridized carbons (Fsp3) is 0.552. The molecule has 0 saturated carbocycles. The van der Waals surface area contributed by atoms with Crippen LogP contribution in [0.25, 0.3) is 0 Å². The van der Waals surface area contributed by atoms with Crippen molar-refractivity contribution in [3.8, 4) is 0 Å². The lowest BCUT2D eigenvalue weighted by atomic mass is 9.81. The SMILES string of the molecule is C=C(C)C(=O)CCC(=O)CC(Cc1ccccc1)C(=O)CC(CC(C)C)C(=O)CCC(=O)CC. The fourth-order valence-electron chi connectivity index (χ4n) is 3.99. The van der Waals surface area contributed by atoms with Crippen LogP contribution < -0.4 is 0 Å². The Morgan fingerprint density at radius 2 is 1.41 bits per heavy atom. The van der Waals surface area contributed by atoms with Gasteiger partial charge in [-0.3, -0.25) is 24.0 Å². The number of benzene rings is 1. The molecule has 0 N–H and O–H groups in total. The third kappa shape index (κ3) is 11.4. The maximum Gasteiger partial charge on any atom is 0.158 e. The van der Waals surface area contributed by atoms with Crippen molar-refractivity contribution in [3.63, 3.8) is 0 Å². The van der Waals surface area contributed by atoms with E-state index >= 15 is 0 Å². The normalized spacial score (nSPS) is 12.7. The first kappa shape index (κ1) is 29.3. The van der Waals surface area contributed by atoms with Gasteiger partial charge in [0, 0.05) is 56.8 Å². The summed E-state index contributed by atoms with van der Waals surface area (Å²) in [6, 6.07) is 9.51.